The molecule has 0 bridgehead atoms. The summed E-state index contributed by atoms with van der Waals surface area (Å²) in [6, 6.07) is 2.54. The first kappa shape index (κ1) is 22.2. The quantitative estimate of drug-likeness (QED) is 0.352. The van der Waals surface area contributed by atoms with Crippen LogP contribution in [0.3, 0.4) is 0 Å². The maximum absolute atomic E-state index is 12.8. The molecular formula is C21H25N5O2S3. The van der Waals surface area contributed by atoms with Gasteiger partial charge in [-0.05, 0) is 51.0 Å². The number of fused-ring (bicyclic) bond motifs is 1. The largest absolute Gasteiger partial charge is 0.316 e. The molecule has 10 heteroatoms. The van der Waals surface area contributed by atoms with Crippen molar-refractivity contribution in [3.63, 3.8) is 0 Å². The minimum Gasteiger partial charge on any atom is -0.316 e. The Morgan fingerprint density at radius 1 is 1.26 bits per heavy atom. The van der Waals surface area contributed by atoms with Crippen LogP contribution in [0.15, 0.2) is 4.34 Å². The summed E-state index contributed by atoms with van der Waals surface area (Å²) in [5, 5.41) is 21.9. The molecule has 0 aromatic carbocycles. The van der Waals surface area contributed by atoms with E-state index < -0.39 is 5.25 Å². The van der Waals surface area contributed by atoms with E-state index >= 15 is 0 Å². The second-order valence-corrected chi connectivity index (χ2v) is 11.5. The van der Waals surface area contributed by atoms with Crippen molar-refractivity contribution < 1.29 is 9.59 Å². The summed E-state index contributed by atoms with van der Waals surface area (Å²) in [6.45, 7) is 3.67. The molecule has 1 fully saturated rings. The van der Waals surface area contributed by atoms with Crippen LogP contribution in [0.5, 0.6) is 0 Å². The first-order chi connectivity index (χ1) is 15.0. The number of aromatic nitrogens is 2. The Labute approximate surface area is 194 Å². The van der Waals surface area contributed by atoms with Crippen LogP contribution in [-0.4, -0.2) is 33.3 Å². The van der Waals surface area contributed by atoms with Crippen molar-refractivity contribution in [2.45, 2.75) is 80.8 Å². The number of carbonyl (C=O) groups is 2. The lowest BCUT2D eigenvalue weighted by atomic mass is 10.1. The lowest BCUT2D eigenvalue weighted by Gasteiger charge is -2.17. The molecule has 2 aromatic heterocycles. The van der Waals surface area contributed by atoms with E-state index in [2.05, 4.69) is 21.6 Å². The second kappa shape index (κ2) is 9.67. The van der Waals surface area contributed by atoms with Gasteiger partial charge in [0.1, 0.15) is 11.1 Å². The van der Waals surface area contributed by atoms with Gasteiger partial charge in [-0.25, -0.2) is 0 Å². The molecule has 2 amide bonds. The number of nitrogens with zero attached hydrogens (tertiary/aromatic N) is 4. The van der Waals surface area contributed by atoms with Crippen LogP contribution in [-0.2, 0) is 22.4 Å². The van der Waals surface area contributed by atoms with E-state index in [1.807, 2.05) is 13.8 Å². The van der Waals surface area contributed by atoms with Gasteiger partial charge < -0.3 is 5.32 Å². The Morgan fingerprint density at radius 2 is 2.03 bits per heavy atom. The molecule has 1 saturated carbocycles. The number of rotatable bonds is 7. The third kappa shape index (κ3) is 4.94. The van der Waals surface area contributed by atoms with Gasteiger partial charge in [-0.1, -0.05) is 36.4 Å². The van der Waals surface area contributed by atoms with Crippen molar-refractivity contribution in [2.24, 2.45) is 0 Å². The molecule has 0 unspecified atom stereocenters. The molecule has 4 rings (SSSR count). The van der Waals surface area contributed by atoms with Crippen LogP contribution >= 0.6 is 34.4 Å². The zero-order valence-electron chi connectivity index (χ0n) is 17.6. The predicted molar refractivity (Wildman–Crippen MR) is 125 cm³/mol. The van der Waals surface area contributed by atoms with Crippen molar-refractivity contribution in [1.82, 2.24) is 10.2 Å². The first-order valence-corrected chi connectivity index (χ1v) is 13.2. The van der Waals surface area contributed by atoms with Gasteiger partial charge in [0.15, 0.2) is 4.34 Å². The molecule has 7 nitrogen and oxygen atoms in total. The van der Waals surface area contributed by atoms with Crippen molar-refractivity contribution in [3.05, 3.63) is 16.0 Å². The van der Waals surface area contributed by atoms with Crippen LogP contribution in [0.25, 0.3) is 0 Å². The summed E-state index contributed by atoms with van der Waals surface area (Å²) in [5.74, 6) is -0.0965. The van der Waals surface area contributed by atoms with Gasteiger partial charge in [0, 0.05) is 17.3 Å². The van der Waals surface area contributed by atoms with Gasteiger partial charge in [-0.2, -0.15) is 5.26 Å². The third-order valence-corrected chi connectivity index (χ3v) is 8.82. The number of carbonyl (C=O) groups excluding carboxylic acids is 2. The van der Waals surface area contributed by atoms with Crippen LogP contribution in [0.2, 0.25) is 0 Å². The van der Waals surface area contributed by atoms with E-state index in [0.717, 1.165) is 44.1 Å². The van der Waals surface area contributed by atoms with E-state index in [1.165, 1.54) is 34.4 Å². The summed E-state index contributed by atoms with van der Waals surface area (Å²) in [6.07, 6.45) is 7.74. The Balaban J connectivity index is 1.42. The minimum atomic E-state index is -0.398. The maximum atomic E-state index is 12.8. The molecule has 2 heterocycles. The van der Waals surface area contributed by atoms with Crippen molar-refractivity contribution >= 4 is 56.4 Å². The Morgan fingerprint density at radius 3 is 2.74 bits per heavy atom. The molecule has 2 aliphatic carbocycles. The fraction of sp³-hybridized carbons (Fsp3) is 0.571. The van der Waals surface area contributed by atoms with Gasteiger partial charge in [-0.3, -0.25) is 14.5 Å². The van der Waals surface area contributed by atoms with Gasteiger partial charge in [-0.15, -0.1) is 21.5 Å². The smallest absolute Gasteiger partial charge is 0.238 e. The minimum absolute atomic E-state index is 0.0579. The number of amides is 2. The molecule has 0 aliphatic heterocycles. The predicted octanol–water partition coefficient (Wildman–Crippen LogP) is 4.76. The number of thiophene rings is 1. The highest BCUT2D eigenvalue weighted by Gasteiger charge is 2.35. The molecular weight excluding hydrogens is 450 g/mol. The van der Waals surface area contributed by atoms with Crippen LogP contribution in [0.4, 0.5) is 10.1 Å². The molecule has 0 radical (unpaired) electrons. The first-order valence-electron chi connectivity index (χ1n) is 10.7. The lowest BCUT2D eigenvalue weighted by molar-refractivity contribution is -0.118. The van der Waals surface area contributed by atoms with Gasteiger partial charge >= 0.3 is 0 Å². The number of hydrogen-bond acceptors (Lipinski definition) is 8. The topological polar surface area (TPSA) is 99.0 Å². The molecule has 0 spiro atoms. The number of aryl methyl sites for hydroxylation is 1. The Bertz CT molecular complexity index is 1020. The fourth-order valence-electron chi connectivity index (χ4n) is 3.68. The van der Waals surface area contributed by atoms with Gasteiger partial charge in [0.05, 0.1) is 10.8 Å². The highest BCUT2D eigenvalue weighted by Crippen LogP contribution is 2.39. The lowest BCUT2D eigenvalue weighted by Crippen LogP contribution is -2.32. The average Bonchev–Trinajstić information content (AvgIpc) is 3.46. The summed E-state index contributed by atoms with van der Waals surface area (Å²) >= 11 is 4.22. The van der Waals surface area contributed by atoms with Gasteiger partial charge in [0.25, 0.3) is 0 Å². The zero-order valence-corrected chi connectivity index (χ0v) is 20.1. The molecule has 164 valence electrons. The molecule has 2 aromatic rings. The fourth-order valence-corrected chi connectivity index (χ4v) is 7.00. The van der Waals surface area contributed by atoms with Crippen LogP contribution < -0.4 is 10.2 Å². The number of nitriles is 1. The Kier molecular flexibility index (Phi) is 6.94. The second-order valence-electron chi connectivity index (χ2n) is 7.83. The van der Waals surface area contributed by atoms with Crippen LogP contribution in [0, 0.1) is 11.3 Å². The van der Waals surface area contributed by atoms with Gasteiger partial charge in [0.2, 0.25) is 16.9 Å². The summed E-state index contributed by atoms with van der Waals surface area (Å²) in [7, 11) is 0. The van der Waals surface area contributed by atoms with Crippen LogP contribution in [0.1, 0.15) is 68.4 Å². The summed E-state index contributed by atoms with van der Waals surface area (Å²) in [4.78, 5) is 28.1. The highest BCUT2D eigenvalue weighted by molar-refractivity contribution is 8.02. The highest BCUT2D eigenvalue weighted by atomic mass is 32.2. The number of anilines is 2. The molecule has 31 heavy (non-hydrogen) atoms. The number of hydrogen-bond donors (Lipinski definition) is 1. The Hall–Kier alpha value is -1.96. The molecule has 1 N–H and O–H groups in total. The monoisotopic (exact) mass is 475 g/mol. The number of thioether (sulfide) groups is 1. The molecule has 1 atom stereocenters. The van der Waals surface area contributed by atoms with E-state index in [1.54, 1.807) is 16.2 Å². The van der Waals surface area contributed by atoms with E-state index in [4.69, 9.17) is 0 Å². The third-order valence-electron chi connectivity index (χ3n) is 5.50. The van der Waals surface area contributed by atoms with E-state index in [0.29, 0.717) is 26.5 Å². The number of nitrogens with one attached hydrogen (secondary N) is 1. The molecule has 0 saturated heterocycles. The van der Waals surface area contributed by atoms with E-state index in [9.17, 15) is 14.9 Å². The normalized spacial score (nSPS) is 16.7. The zero-order chi connectivity index (χ0) is 22.0. The van der Waals surface area contributed by atoms with Crippen molar-refractivity contribution in [3.8, 4) is 6.07 Å². The van der Waals surface area contributed by atoms with Crippen molar-refractivity contribution in [2.75, 3.05) is 10.2 Å². The summed E-state index contributed by atoms with van der Waals surface area (Å²) < 4.78 is 0.662. The summed E-state index contributed by atoms with van der Waals surface area (Å²) in [5.41, 5.74) is 1.75. The van der Waals surface area contributed by atoms with E-state index in [-0.39, 0.29) is 17.9 Å². The average molecular weight is 476 g/mol. The maximum Gasteiger partial charge on any atom is 0.238 e. The SMILES string of the molecule is CCC(=O)N(c1nnc(S[C@@H](C)C(=O)Nc2sc3c(c2C#N)CCCCC3)s1)C1CC1. The molecule has 2 aliphatic rings. The standard InChI is InChI=1S/C21H25N5O2S3/c1-3-17(27)26(13-9-10-13)20-24-25-21(31-20)29-12(2)18(28)23-19-15(11-22)14-7-5-4-6-8-16(14)30-19/h12-13H,3-10H2,1-2H3,(H,23,28)/t12-/m0/s1. The van der Waals surface area contributed by atoms with Crippen molar-refractivity contribution in [1.29, 1.82) is 5.26 Å².